The van der Waals surface area contributed by atoms with Gasteiger partial charge in [0.2, 0.25) is 0 Å². The number of nitrogens with zero attached hydrogens (tertiary/aromatic N) is 3. The van der Waals surface area contributed by atoms with Gasteiger partial charge in [-0.25, -0.2) is 4.98 Å². The van der Waals surface area contributed by atoms with Crippen LogP contribution in [0.15, 0.2) is 72.8 Å². The van der Waals surface area contributed by atoms with Crippen molar-refractivity contribution in [1.82, 2.24) is 14.5 Å². The molecule has 1 fully saturated rings. The van der Waals surface area contributed by atoms with Crippen LogP contribution >= 0.6 is 11.6 Å². The van der Waals surface area contributed by atoms with Crippen LogP contribution in [0.1, 0.15) is 30.5 Å². The number of amides is 1. The first kappa shape index (κ1) is 22.6. The van der Waals surface area contributed by atoms with Gasteiger partial charge in [-0.05, 0) is 43.2 Å². The fourth-order valence-electron chi connectivity index (χ4n) is 4.03. The van der Waals surface area contributed by atoms with Crippen LogP contribution in [0.5, 0.6) is 5.75 Å². The van der Waals surface area contributed by atoms with Crippen LogP contribution in [-0.2, 0) is 16.1 Å². The number of carbonyl (C=O) groups excluding carboxylic acids is 2. The van der Waals surface area contributed by atoms with E-state index in [1.54, 1.807) is 61.1 Å². The Bertz CT molecular complexity index is 1190. The maximum atomic E-state index is 13.1. The van der Waals surface area contributed by atoms with Crippen LogP contribution < -0.4 is 4.74 Å². The van der Waals surface area contributed by atoms with Crippen molar-refractivity contribution >= 4 is 29.1 Å². The summed E-state index contributed by atoms with van der Waals surface area (Å²) in [4.78, 5) is 31.7. The van der Waals surface area contributed by atoms with Crippen LogP contribution in [0.2, 0.25) is 5.02 Å². The van der Waals surface area contributed by atoms with Gasteiger partial charge in [0.25, 0.3) is 11.7 Å². The average Bonchev–Trinajstić information content (AvgIpc) is 3.41. The summed E-state index contributed by atoms with van der Waals surface area (Å²) in [5, 5.41) is 11.7. The molecule has 7 nitrogen and oxygen atoms in total. The number of aromatic nitrogens is 2. The molecule has 1 aliphatic heterocycles. The topological polar surface area (TPSA) is 84.7 Å². The van der Waals surface area contributed by atoms with Crippen molar-refractivity contribution in [2.24, 2.45) is 0 Å². The van der Waals surface area contributed by atoms with Gasteiger partial charge in [0.05, 0.1) is 24.5 Å². The lowest BCUT2D eigenvalue weighted by atomic mass is 9.95. The zero-order valence-electron chi connectivity index (χ0n) is 18.1. The quantitative estimate of drug-likeness (QED) is 0.302. The molecule has 1 saturated heterocycles. The molecule has 2 aromatic carbocycles. The number of Topliss-reactive ketones (excluding diaryl/α,β-unsaturated/α-hetero) is 1. The standard InChI is InChI=1S/C25H24ClN3O4/c1-2-33-20-9-4-7-18(15-20)23(30)21-22(17-6-3-8-19(26)14-17)29(25(32)24(21)31)12-5-11-28-13-10-27-16-28/h3-4,6-10,13-16,22,30H,2,5,11-12H2,1H3. The van der Waals surface area contributed by atoms with Gasteiger partial charge in [-0.2, -0.15) is 0 Å². The lowest BCUT2D eigenvalue weighted by molar-refractivity contribution is -0.139. The Morgan fingerprint density at radius 3 is 2.70 bits per heavy atom. The summed E-state index contributed by atoms with van der Waals surface area (Å²) in [5.41, 5.74) is 1.11. The van der Waals surface area contributed by atoms with Gasteiger partial charge in [0, 0.05) is 36.1 Å². The van der Waals surface area contributed by atoms with E-state index in [4.69, 9.17) is 16.3 Å². The molecule has 1 atom stereocenters. The maximum absolute atomic E-state index is 13.1. The SMILES string of the molecule is CCOc1cccc(C(O)=C2C(=O)C(=O)N(CCCn3ccnc3)C2c2cccc(Cl)c2)c1. The molecule has 1 aromatic heterocycles. The first-order valence-electron chi connectivity index (χ1n) is 10.7. The number of hydrogen-bond acceptors (Lipinski definition) is 5. The van der Waals surface area contributed by atoms with Crippen molar-refractivity contribution in [1.29, 1.82) is 0 Å². The van der Waals surface area contributed by atoms with E-state index >= 15 is 0 Å². The first-order chi connectivity index (χ1) is 16.0. The first-order valence-corrected chi connectivity index (χ1v) is 11.1. The number of hydrogen-bond donors (Lipinski definition) is 1. The smallest absolute Gasteiger partial charge is 0.295 e. The molecule has 4 rings (SSSR count). The zero-order chi connectivity index (χ0) is 23.4. The summed E-state index contributed by atoms with van der Waals surface area (Å²) in [7, 11) is 0. The molecule has 170 valence electrons. The van der Waals surface area contributed by atoms with Gasteiger partial charge in [0.1, 0.15) is 11.5 Å². The predicted octanol–water partition coefficient (Wildman–Crippen LogP) is 4.45. The summed E-state index contributed by atoms with van der Waals surface area (Å²) >= 11 is 6.22. The molecular weight excluding hydrogens is 442 g/mol. The van der Waals surface area contributed by atoms with Crippen LogP contribution in [0.4, 0.5) is 0 Å². The second kappa shape index (κ2) is 9.92. The van der Waals surface area contributed by atoms with E-state index < -0.39 is 17.7 Å². The normalized spacial score (nSPS) is 17.5. The van der Waals surface area contributed by atoms with E-state index in [2.05, 4.69) is 4.98 Å². The fraction of sp³-hybridized carbons (Fsp3) is 0.240. The number of aryl methyl sites for hydroxylation is 1. The summed E-state index contributed by atoms with van der Waals surface area (Å²) in [5.74, 6) is -1.04. The van der Waals surface area contributed by atoms with Gasteiger partial charge >= 0.3 is 0 Å². The Balaban J connectivity index is 1.74. The predicted molar refractivity (Wildman–Crippen MR) is 125 cm³/mol. The molecule has 1 N–H and O–H groups in total. The molecule has 0 bridgehead atoms. The monoisotopic (exact) mass is 465 g/mol. The van der Waals surface area contributed by atoms with Crippen LogP contribution in [0.25, 0.3) is 5.76 Å². The van der Waals surface area contributed by atoms with Gasteiger partial charge in [-0.15, -0.1) is 0 Å². The van der Waals surface area contributed by atoms with E-state index in [0.29, 0.717) is 48.0 Å². The highest BCUT2D eigenvalue weighted by Gasteiger charge is 2.45. The van der Waals surface area contributed by atoms with E-state index in [9.17, 15) is 14.7 Å². The van der Waals surface area contributed by atoms with Crippen molar-refractivity contribution in [3.63, 3.8) is 0 Å². The van der Waals surface area contributed by atoms with Crippen molar-refractivity contribution < 1.29 is 19.4 Å². The minimum Gasteiger partial charge on any atom is -0.507 e. The summed E-state index contributed by atoms with van der Waals surface area (Å²) in [6.45, 7) is 3.30. The second-order valence-electron chi connectivity index (χ2n) is 7.66. The average molecular weight is 466 g/mol. The summed E-state index contributed by atoms with van der Waals surface area (Å²) in [6, 6.07) is 13.1. The number of aliphatic hydroxyl groups excluding tert-OH is 1. The molecule has 0 aliphatic carbocycles. The lowest BCUT2D eigenvalue weighted by Crippen LogP contribution is -2.31. The van der Waals surface area contributed by atoms with Crippen molar-refractivity contribution in [2.45, 2.75) is 25.9 Å². The highest BCUT2D eigenvalue weighted by molar-refractivity contribution is 6.46. The van der Waals surface area contributed by atoms with Crippen molar-refractivity contribution in [3.8, 4) is 5.75 Å². The van der Waals surface area contributed by atoms with Crippen LogP contribution in [-0.4, -0.2) is 44.4 Å². The largest absolute Gasteiger partial charge is 0.507 e. The number of halogens is 1. The number of rotatable bonds is 8. The summed E-state index contributed by atoms with van der Waals surface area (Å²) in [6.07, 6.45) is 5.84. The molecule has 33 heavy (non-hydrogen) atoms. The minimum atomic E-state index is -0.748. The summed E-state index contributed by atoms with van der Waals surface area (Å²) < 4.78 is 7.43. The van der Waals surface area contributed by atoms with Crippen LogP contribution in [0, 0.1) is 0 Å². The number of likely N-dealkylation sites (tertiary alicyclic amines) is 1. The molecule has 1 unspecified atom stereocenters. The number of ether oxygens (including phenoxy) is 1. The zero-order valence-corrected chi connectivity index (χ0v) is 18.9. The Kier molecular flexibility index (Phi) is 6.79. The molecule has 1 aliphatic rings. The molecule has 8 heteroatoms. The number of aliphatic hydroxyl groups is 1. The number of imidazole rings is 1. The second-order valence-corrected chi connectivity index (χ2v) is 8.10. The number of benzene rings is 2. The third kappa shape index (κ3) is 4.78. The van der Waals surface area contributed by atoms with Gasteiger partial charge in [0.15, 0.2) is 0 Å². The Hall–Kier alpha value is -3.58. The Labute approximate surface area is 196 Å². The van der Waals surface area contributed by atoms with Crippen molar-refractivity contribution in [3.05, 3.63) is 89.0 Å². The molecule has 2 heterocycles. The fourth-order valence-corrected chi connectivity index (χ4v) is 4.23. The minimum absolute atomic E-state index is 0.0403. The molecule has 0 saturated carbocycles. The maximum Gasteiger partial charge on any atom is 0.295 e. The third-order valence-electron chi connectivity index (χ3n) is 5.50. The molecular formula is C25H24ClN3O4. The highest BCUT2D eigenvalue weighted by Crippen LogP contribution is 2.40. The van der Waals surface area contributed by atoms with Gasteiger partial charge in [-0.3, -0.25) is 9.59 Å². The molecule has 1 amide bonds. The van der Waals surface area contributed by atoms with Gasteiger partial charge < -0.3 is 19.3 Å². The third-order valence-corrected chi connectivity index (χ3v) is 5.73. The Morgan fingerprint density at radius 1 is 1.15 bits per heavy atom. The van der Waals surface area contributed by atoms with Crippen LogP contribution in [0.3, 0.4) is 0 Å². The van der Waals surface area contributed by atoms with E-state index in [1.165, 1.54) is 4.90 Å². The molecule has 0 spiro atoms. The highest BCUT2D eigenvalue weighted by atomic mass is 35.5. The molecule has 0 radical (unpaired) electrons. The lowest BCUT2D eigenvalue weighted by Gasteiger charge is -2.25. The molecule has 3 aromatic rings. The Morgan fingerprint density at radius 2 is 1.97 bits per heavy atom. The number of ketones is 1. The van der Waals surface area contributed by atoms with Gasteiger partial charge in [-0.1, -0.05) is 35.9 Å². The van der Waals surface area contributed by atoms with E-state index in [-0.39, 0.29) is 11.3 Å². The van der Waals surface area contributed by atoms with E-state index in [0.717, 1.165) is 0 Å². The van der Waals surface area contributed by atoms with Crippen molar-refractivity contribution in [2.75, 3.05) is 13.2 Å². The van der Waals surface area contributed by atoms with E-state index in [1.807, 2.05) is 17.7 Å². The number of carbonyl (C=O) groups is 2.